The minimum atomic E-state index is -3.81. The van der Waals surface area contributed by atoms with Crippen molar-refractivity contribution in [3.63, 3.8) is 0 Å². The maximum Gasteiger partial charge on any atom is 0.319 e. The van der Waals surface area contributed by atoms with Crippen LogP contribution in [0, 0.1) is 0 Å². The van der Waals surface area contributed by atoms with Gasteiger partial charge >= 0.3 is 6.72 Å². The molecule has 0 amide bonds. The van der Waals surface area contributed by atoms with Gasteiger partial charge in [-0.2, -0.15) is 0 Å². The summed E-state index contributed by atoms with van der Waals surface area (Å²) < 4.78 is 0. The molecule has 8 heavy (non-hydrogen) atoms. The van der Waals surface area contributed by atoms with Gasteiger partial charge in [-0.25, -0.2) is 0 Å². The summed E-state index contributed by atoms with van der Waals surface area (Å²) in [5, 5.41) is 0. The van der Waals surface area contributed by atoms with Crippen LogP contribution in [0.3, 0.4) is 0 Å². The highest BCUT2D eigenvalue weighted by atomic mass is 32.5. The van der Waals surface area contributed by atoms with Crippen molar-refractivity contribution in [2.24, 2.45) is 0 Å². The van der Waals surface area contributed by atoms with Gasteiger partial charge in [-0.05, 0) is 11.8 Å². The van der Waals surface area contributed by atoms with E-state index in [1.54, 1.807) is 0 Å². The minimum Gasteiger partial charge on any atom is -0.373 e. The molecular weight excluding hydrogens is 153 g/mol. The predicted molar refractivity (Wildman–Crippen MR) is 31.0 cm³/mol. The van der Waals surface area contributed by atoms with Gasteiger partial charge in [0.1, 0.15) is 0 Å². The Labute approximate surface area is 50.1 Å². The largest absolute Gasteiger partial charge is 0.373 e. The second kappa shape index (κ2) is 4.99. The highest BCUT2D eigenvalue weighted by Gasteiger charge is 1.92. The van der Waals surface area contributed by atoms with Crippen molar-refractivity contribution in [1.29, 1.82) is 0 Å². The Bertz CT molecular complexity index is 112. The Balaban J connectivity index is 0. The van der Waals surface area contributed by atoms with Crippen LogP contribution in [0.15, 0.2) is 0 Å². The molecule has 0 aromatic carbocycles. The first kappa shape index (κ1) is 10.8. The summed E-state index contributed by atoms with van der Waals surface area (Å²) >= 11 is 3.60. The molecule has 0 aromatic rings. The topological polar surface area (TPSA) is 119 Å². The zero-order chi connectivity index (χ0) is 7.21. The van der Waals surface area contributed by atoms with E-state index in [0.29, 0.717) is 0 Å². The van der Waals surface area contributed by atoms with Crippen LogP contribution < -0.4 is 0 Å². The molecule has 0 unspecified atom stereocenters. The number of rotatable bonds is 0. The van der Waals surface area contributed by atoms with Crippen LogP contribution in [0.5, 0.6) is 0 Å². The fraction of sp³-hybridized carbons (Fsp3) is 0. The number of hydrogen-bond acceptors (Lipinski definition) is 1. The molecule has 0 saturated carbocycles. The normalized spacial score (nSPS) is 8.38. The smallest absolute Gasteiger partial charge is 0.319 e. The molecule has 8 heteroatoms. The first-order valence-electron chi connectivity index (χ1n) is 1.18. The number of hydrogen-bond donors (Lipinski definition) is 3. The Morgan fingerprint density at radius 3 is 1.25 bits per heavy atom. The van der Waals surface area contributed by atoms with E-state index in [4.69, 9.17) is 25.7 Å². The fourth-order valence-electron chi connectivity index (χ4n) is 0. The first-order chi connectivity index (χ1) is 3.41. The van der Waals surface area contributed by atoms with Gasteiger partial charge in [0.25, 0.3) is 0 Å². The van der Waals surface area contributed by atoms with E-state index >= 15 is 0 Å². The van der Waals surface area contributed by atoms with Gasteiger partial charge in [0.15, 0.2) is 0 Å². The van der Waals surface area contributed by atoms with Crippen LogP contribution in [0.1, 0.15) is 0 Å². The maximum atomic E-state index is 7.56. The summed E-state index contributed by atoms with van der Waals surface area (Å²) in [6.07, 6.45) is 0. The molecule has 0 heterocycles. The first-order valence-corrected chi connectivity index (χ1v) is 3.84. The van der Waals surface area contributed by atoms with Gasteiger partial charge in [-0.1, -0.05) is 0 Å². The second-order valence-electron chi connectivity index (χ2n) is 0.603. The van der Waals surface area contributed by atoms with Crippen LogP contribution in [0.2, 0.25) is 0 Å². The summed E-state index contributed by atoms with van der Waals surface area (Å²) in [6, 6.07) is 0. The molecule has 0 fully saturated rings. The molecule has 0 bridgehead atoms. The van der Waals surface area contributed by atoms with Crippen LogP contribution >= 0.6 is 6.72 Å². The molecule has 0 atom stereocenters. The summed E-state index contributed by atoms with van der Waals surface area (Å²) in [5.41, 5.74) is 13.5. The highest BCUT2D eigenvalue weighted by molar-refractivity contribution is 8.06. The van der Waals surface area contributed by atoms with Gasteiger partial charge in [0.05, 0.1) is 0 Å². The monoisotopic (exact) mass is 156 g/mol. The van der Waals surface area contributed by atoms with Crippen molar-refractivity contribution in [2.75, 3.05) is 0 Å². The average Bonchev–Trinajstić information content (AvgIpc) is 1.27. The van der Waals surface area contributed by atoms with E-state index in [1.807, 2.05) is 0 Å². The van der Waals surface area contributed by atoms with Gasteiger partial charge in [0.2, 0.25) is 0 Å². The van der Waals surface area contributed by atoms with Crippen molar-refractivity contribution in [3.05, 3.63) is 16.0 Å². The lowest BCUT2D eigenvalue weighted by Crippen LogP contribution is -1.65. The van der Waals surface area contributed by atoms with Crippen LogP contribution in [-0.2, 0) is 11.8 Å². The molecule has 0 radical (unpaired) electrons. The summed E-state index contributed by atoms with van der Waals surface area (Å²) in [6.45, 7) is -3.81. The average molecular weight is 156 g/mol. The third-order valence-electron chi connectivity index (χ3n) is 0. The Hall–Kier alpha value is -0.160. The summed E-state index contributed by atoms with van der Waals surface area (Å²) in [4.78, 5) is 24.2. The van der Waals surface area contributed by atoms with Crippen molar-refractivity contribution in [2.45, 2.75) is 0 Å². The molecule has 0 spiro atoms. The van der Waals surface area contributed by atoms with E-state index in [1.165, 1.54) is 4.91 Å². The van der Waals surface area contributed by atoms with Crippen LogP contribution in [-0.4, -0.2) is 14.7 Å². The Kier molecular flexibility index (Phi) is 6.70. The van der Waals surface area contributed by atoms with Crippen molar-refractivity contribution >= 4 is 18.5 Å². The minimum absolute atomic E-state index is 1.50. The lowest BCUT2D eigenvalue weighted by molar-refractivity contribution is 0.363. The lowest BCUT2D eigenvalue weighted by Gasteiger charge is -1.88. The zero-order valence-corrected chi connectivity index (χ0v) is 5.25. The summed E-state index contributed by atoms with van der Waals surface area (Å²) in [5.74, 6) is 0. The molecule has 0 aliphatic heterocycles. The van der Waals surface area contributed by atoms with E-state index in [0.717, 1.165) is 0 Å². The van der Waals surface area contributed by atoms with Gasteiger partial charge < -0.3 is 25.7 Å². The van der Waals surface area contributed by atoms with E-state index in [9.17, 15) is 0 Å². The molecule has 0 aromatic heterocycles. The maximum absolute atomic E-state index is 7.56. The van der Waals surface area contributed by atoms with Crippen LogP contribution in [0.4, 0.5) is 0 Å². The third kappa shape index (κ3) is 5340. The molecular formula is H3N3O3PS-. The van der Waals surface area contributed by atoms with Gasteiger partial charge in [-0.15, -0.1) is 0 Å². The Morgan fingerprint density at radius 1 is 1.25 bits per heavy atom. The van der Waals surface area contributed by atoms with E-state index < -0.39 is 6.72 Å². The van der Waals surface area contributed by atoms with Crippen molar-refractivity contribution < 1.29 is 14.7 Å². The summed E-state index contributed by atoms with van der Waals surface area (Å²) in [7, 11) is 0. The second-order valence-corrected chi connectivity index (χ2v) is 3.10. The molecule has 3 N–H and O–H groups in total. The molecule has 0 rings (SSSR count). The molecule has 0 saturated heterocycles. The third-order valence-corrected chi connectivity index (χ3v) is 0. The quantitative estimate of drug-likeness (QED) is 0.198. The molecule has 48 valence electrons. The van der Waals surface area contributed by atoms with Gasteiger partial charge in [0, 0.05) is 0 Å². The van der Waals surface area contributed by atoms with E-state index in [2.05, 4.69) is 11.8 Å². The van der Waals surface area contributed by atoms with Crippen LogP contribution in [0.25, 0.3) is 16.0 Å². The fourth-order valence-corrected chi connectivity index (χ4v) is 0. The standard InChI is InChI=1S/N3.H3O3PS/c1-3-2;1-4(2,3)5/h;(H3,1,2,3,5)/q-1;. The van der Waals surface area contributed by atoms with Crippen molar-refractivity contribution in [1.82, 2.24) is 0 Å². The number of nitrogens with zero attached hydrogens (tertiary/aromatic N) is 3. The predicted octanol–water partition coefficient (Wildman–Crippen LogP) is 0.0539. The molecule has 0 aliphatic rings. The zero-order valence-electron chi connectivity index (χ0n) is 3.54. The van der Waals surface area contributed by atoms with Crippen molar-refractivity contribution in [3.8, 4) is 0 Å². The Morgan fingerprint density at radius 2 is 1.25 bits per heavy atom. The lowest BCUT2D eigenvalue weighted by atomic mass is 13.0. The molecule has 6 nitrogen and oxygen atoms in total. The SMILES string of the molecule is OP(O)(O)=S.[N-]=[N+]=[N-]. The van der Waals surface area contributed by atoms with Gasteiger partial charge in [-0.3, -0.25) is 4.91 Å². The highest BCUT2D eigenvalue weighted by Crippen LogP contribution is 2.26. The molecule has 0 aliphatic carbocycles. The van der Waals surface area contributed by atoms with E-state index in [-0.39, 0.29) is 0 Å².